The van der Waals surface area contributed by atoms with Crippen molar-refractivity contribution in [3.05, 3.63) is 35.9 Å². The van der Waals surface area contributed by atoms with Crippen LogP contribution in [0.5, 0.6) is 0 Å². The van der Waals surface area contributed by atoms with Crippen molar-refractivity contribution in [1.82, 2.24) is 16.0 Å². The number of nitrogens with one attached hydrogen (secondary N) is 3. The number of hydrogen-bond donors (Lipinski definition) is 6. The van der Waals surface area contributed by atoms with E-state index in [0.717, 1.165) is 5.56 Å². The van der Waals surface area contributed by atoms with Crippen molar-refractivity contribution in [3.8, 4) is 0 Å². The van der Waals surface area contributed by atoms with E-state index in [1.807, 2.05) is 36.6 Å². The first kappa shape index (κ1) is 31.3. The van der Waals surface area contributed by atoms with Gasteiger partial charge in [-0.3, -0.25) is 19.2 Å². The molecule has 0 aliphatic carbocycles. The Labute approximate surface area is 218 Å². The second-order valence-corrected chi connectivity index (χ2v) is 9.95. The average Bonchev–Trinajstić information content (AvgIpc) is 2.83. The minimum Gasteiger partial charge on any atom is -0.481 e. The molecule has 200 valence electrons. The number of carboxylic acid groups (broad SMARTS) is 2. The van der Waals surface area contributed by atoms with Crippen LogP contribution >= 0.6 is 23.5 Å². The van der Waals surface area contributed by atoms with Crippen LogP contribution in [0.4, 0.5) is 0 Å². The van der Waals surface area contributed by atoms with E-state index in [4.69, 9.17) is 5.73 Å². The molecule has 7 N–H and O–H groups in total. The van der Waals surface area contributed by atoms with Gasteiger partial charge in [-0.1, -0.05) is 30.3 Å². The van der Waals surface area contributed by atoms with Crippen LogP contribution in [0.15, 0.2) is 30.3 Å². The Hall–Kier alpha value is -2.77. The molecule has 3 amide bonds. The second kappa shape index (κ2) is 16.8. The highest BCUT2D eigenvalue weighted by atomic mass is 32.2. The number of amides is 3. The van der Waals surface area contributed by atoms with Gasteiger partial charge in [0, 0.05) is 0 Å². The van der Waals surface area contributed by atoms with Crippen molar-refractivity contribution in [2.75, 3.05) is 24.0 Å². The first-order valence-corrected chi connectivity index (χ1v) is 14.0. The van der Waals surface area contributed by atoms with Crippen LogP contribution in [0.25, 0.3) is 0 Å². The lowest BCUT2D eigenvalue weighted by molar-refractivity contribution is -0.143. The van der Waals surface area contributed by atoms with Crippen molar-refractivity contribution in [2.45, 2.75) is 49.9 Å². The maximum Gasteiger partial charge on any atom is 0.326 e. The summed E-state index contributed by atoms with van der Waals surface area (Å²) in [4.78, 5) is 61.1. The maximum absolute atomic E-state index is 13.0. The van der Waals surface area contributed by atoms with Gasteiger partial charge in [0.2, 0.25) is 17.7 Å². The van der Waals surface area contributed by atoms with Gasteiger partial charge in [0.15, 0.2) is 0 Å². The number of benzene rings is 1. The fraction of sp³-hybridized carbons (Fsp3) is 0.522. The SMILES string of the molecule is CSCCC(NC(=O)C(CC(=O)O)NC(=O)C(CCSC)NC(=O)C(N)Cc1ccccc1)C(=O)O. The molecule has 0 heterocycles. The van der Waals surface area contributed by atoms with Crippen molar-refractivity contribution < 1.29 is 34.2 Å². The molecule has 4 atom stereocenters. The molecule has 11 nitrogen and oxygen atoms in total. The fourth-order valence-corrected chi connectivity index (χ4v) is 4.11. The Bertz CT molecular complexity index is 888. The zero-order valence-corrected chi connectivity index (χ0v) is 21.9. The fourth-order valence-electron chi connectivity index (χ4n) is 3.17. The van der Waals surface area contributed by atoms with Gasteiger partial charge < -0.3 is 31.9 Å². The molecule has 4 unspecified atom stereocenters. The van der Waals surface area contributed by atoms with Crippen LogP contribution in [-0.4, -0.2) is 88.1 Å². The van der Waals surface area contributed by atoms with Gasteiger partial charge in [-0.05, 0) is 48.8 Å². The normalized spacial score (nSPS) is 14.1. The summed E-state index contributed by atoms with van der Waals surface area (Å²) >= 11 is 2.83. The monoisotopic (exact) mass is 542 g/mol. The first-order valence-electron chi connectivity index (χ1n) is 11.2. The van der Waals surface area contributed by atoms with Gasteiger partial charge in [0.25, 0.3) is 0 Å². The van der Waals surface area contributed by atoms with E-state index in [0.29, 0.717) is 11.5 Å². The molecule has 0 saturated carbocycles. The van der Waals surface area contributed by atoms with Crippen LogP contribution in [-0.2, 0) is 30.4 Å². The number of thioether (sulfide) groups is 2. The molecule has 0 radical (unpaired) electrons. The summed E-state index contributed by atoms with van der Waals surface area (Å²) in [5, 5.41) is 25.8. The Kier molecular flexibility index (Phi) is 14.6. The second-order valence-electron chi connectivity index (χ2n) is 7.98. The molecule has 0 bridgehead atoms. The highest BCUT2D eigenvalue weighted by molar-refractivity contribution is 7.98. The van der Waals surface area contributed by atoms with Gasteiger partial charge in [-0.2, -0.15) is 23.5 Å². The number of carboxylic acids is 2. The number of nitrogens with two attached hydrogens (primary N) is 1. The van der Waals surface area contributed by atoms with Gasteiger partial charge in [-0.25, -0.2) is 4.79 Å². The lowest BCUT2D eigenvalue weighted by Crippen LogP contribution is -2.57. The molecule has 0 spiro atoms. The van der Waals surface area contributed by atoms with E-state index in [-0.39, 0.29) is 19.3 Å². The number of carbonyl (C=O) groups excluding carboxylic acids is 3. The quantitative estimate of drug-likeness (QED) is 0.157. The predicted octanol–water partition coefficient (Wildman–Crippen LogP) is 0.0763. The van der Waals surface area contributed by atoms with Crippen LogP contribution in [0.1, 0.15) is 24.8 Å². The van der Waals surface area contributed by atoms with E-state index in [1.165, 1.54) is 23.5 Å². The van der Waals surface area contributed by atoms with Gasteiger partial charge in [0.1, 0.15) is 18.1 Å². The third-order valence-electron chi connectivity index (χ3n) is 5.12. The van der Waals surface area contributed by atoms with Crippen molar-refractivity contribution in [1.29, 1.82) is 0 Å². The van der Waals surface area contributed by atoms with E-state index in [9.17, 15) is 34.2 Å². The largest absolute Gasteiger partial charge is 0.481 e. The standard InChI is InChI=1S/C23H34N4O7S2/c1-35-10-8-16(25-20(30)15(24)12-14-6-4-3-5-7-14)21(31)27-18(13-19(28)29)22(32)26-17(23(33)34)9-11-36-2/h3-7,15-18H,8-13,24H2,1-2H3,(H,25,30)(H,26,32)(H,27,31)(H,28,29)(H,33,34). The third-order valence-corrected chi connectivity index (χ3v) is 6.40. The summed E-state index contributed by atoms with van der Waals surface area (Å²) in [5.74, 6) is -3.94. The first-order chi connectivity index (χ1) is 17.1. The summed E-state index contributed by atoms with van der Waals surface area (Å²) in [6.07, 6.45) is 3.43. The summed E-state index contributed by atoms with van der Waals surface area (Å²) in [7, 11) is 0. The van der Waals surface area contributed by atoms with E-state index in [1.54, 1.807) is 6.26 Å². The van der Waals surface area contributed by atoms with Gasteiger partial charge in [0.05, 0.1) is 12.5 Å². The number of hydrogen-bond acceptors (Lipinski definition) is 8. The smallest absolute Gasteiger partial charge is 0.326 e. The Morgan fingerprint density at radius 3 is 1.83 bits per heavy atom. The zero-order valence-electron chi connectivity index (χ0n) is 20.3. The van der Waals surface area contributed by atoms with Crippen molar-refractivity contribution in [2.24, 2.45) is 5.73 Å². The molecular weight excluding hydrogens is 508 g/mol. The van der Waals surface area contributed by atoms with Gasteiger partial charge >= 0.3 is 11.9 Å². The molecule has 0 aromatic heterocycles. The number of aliphatic carboxylic acids is 2. The molecule has 1 aromatic carbocycles. The van der Waals surface area contributed by atoms with E-state index < -0.39 is 60.2 Å². The Balaban J connectivity index is 2.93. The maximum atomic E-state index is 13.0. The van der Waals surface area contributed by atoms with Crippen molar-refractivity contribution >= 4 is 53.2 Å². The molecule has 0 aliphatic heterocycles. The third kappa shape index (κ3) is 11.8. The van der Waals surface area contributed by atoms with Crippen LogP contribution in [0.2, 0.25) is 0 Å². The summed E-state index contributed by atoms with van der Waals surface area (Å²) < 4.78 is 0. The highest BCUT2D eigenvalue weighted by Crippen LogP contribution is 2.07. The zero-order chi connectivity index (χ0) is 27.1. The van der Waals surface area contributed by atoms with E-state index in [2.05, 4.69) is 16.0 Å². The highest BCUT2D eigenvalue weighted by Gasteiger charge is 2.31. The summed E-state index contributed by atoms with van der Waals surface area (Å²) in [6, 6.07) is 4.36. The molecule has 0 fully saturated rings. The molecule has 13 heteroatoms. The molecule has 1 rings (SSSR count). The van der Waals surface area contributed by atoms with Crippen LogP contribution in [0.3, 0.4) is 0 Å². The number of rotatable bonds is 17. The molecular formula is C23H34N4O7S2. The Morgan fingerprint density at radius 1 is 0.806 bits per heavy atom. The summed E-state index contributed by atoms with van der Waals surface area (Å²) in [6.45, 7) is 0. The molecule has 36 heavy (non-hydrogen) atoms. The van der Waals surface area contributed by atoms with Crippen molar-refractivity contribution in [3.63, 3.8) is 0 Å². The molecule has 1 aromatic rings. The molecule has 0 aliphatic rings. The lowest BCUT2D eigenvalue weighted by Gasteiger charge is -2.24. The van der Waals surface area contributed by atoms with Gasteiger partial charge in [-0.15, -0.1) is 0 Å². The van der Waals surface area contributed by atoms with Crippen LogP contribution in [0, 0.1) is 0 Å². The Morgan fingerprint density at radius 2 is 1.31 bits per heavy atom. The number of carbonyl (C=O) groups is 5. The lowest BCUT2D eigenvalue weighted by atomic mass is 10.1. The average molecular weight is 543 g/mol. The minimum absolute atomic E-state index is 0.127. The molecule has 0 saturated heterocycles. The minimum atomic E-state index is -1.53. The summed E-state index contributed by atoms with van der Waals surface area (Å²) in [5.41, 5.74) is 6.86. The topological polar surface area (TPSA) is 188 Å². The van der Waals surface area contributed by atoms with E-state index >= 15 is 0 Å². The predicted molar refractivity (Wildman–Crippen MR) is 140 cm³/mol. The van der Waals surface area contributed by atoms with Crippen LogP contribution < -0.4 is 21.7 Å².